The lowest BCUT2D eigenvalue weighted by Crippen LogP contribution is -2.13. The number of nitrogens with zero attached hydrogens (tertiary/aromatic N) is 1. The van der Waals surface area contributed by atoms with Crippen LogP contribution in [0.25, 0.3) is 0 Å². The monoisotopic (exact) mass is 251 g/mol. The summed E-state index contributed by atoms with van der Waals surface area (Å²) in [6, 6.07) is 4.75. The van der Waals surface area contributed by atoms with E-state index in [-0.39, 0.29) is 5.82 Å². The molecule has 1 aromatic carbocycles. The minimum atomic E-state index is -0.266. The Balaban J connectivity index is 1.90. The van der Waals surface area contributed by atoms with Crippen LogP contribution in [0.1, 0.15) is 15.4 Å². The summed E-state index contributed by atoms with van der Waals surface area (Å²) in [4.78, 5) is 5.31. The summed E-state index contributed by atoms with van der Waals surface area (Å²) >= 11 is 1.64. The van der Waals surface area contributed by atoms with Gasteiger partial charge in [-0.2, -0.15) is 0 Å². The number of aromatic nitrogens is 1. The van der Waals surface area contributed by atoms with Crippen LogP contribution < -0.4 is 11.1 Å². The van der Waals surface area contributed by atoms with Crippen LogP contribution in [0.15, 0.2) is 24.4 Å². The summed E-state index contributed by atoms with van der Waals surface area (Å²) in [6.07, 6.45) is 1.84. The first-order valence-corrected chi connectivity index (χ1v) is 6.13. The van der Waals surface area contributed by atoms with E-state index in [1.54, 1.807) is 23.5 Å². The highest BCUT2D eigenvalue weighted by Crippen LogP contribution is 2.13. The normalized spacial score (nSPS) is 10.7. The van der Waals surface area contributed by atoms with Gasteiger partial charge in [0, 0.05) is 35.4 Å². The van der Waals surface area contributed by atoms with Crippen molar-refractivity contribution in [3.05, 3.63) is 45.7 Å². The van der Waals surface area contributed by atoms with Crippen LogP contribution in [0.4, 0.5) is 10.1 Å². The van der Waals surface area contributed by atoms with Crippen LogP contribution >= 0.6 is 11.3 Å². The van der Waals surface area contributed by atoms with Gasteiger partial charge in [0.05, 0.1) is 5.01 Å². The average molecular weight is 251 g/mol. The zero-order valence-electron chi connectivity index (χ0n) is 9.53. The Morgan fingerprint density at radius 1 is 1.41 bits per heavy atom. The van der Waals surface area contributed by atoms with Gasteiger partial charge in [0.2, 0.25) is 0 Å². The average Bonchev–Trinajstić information content (AvgIpc) is 2.68. The third-order valence-electron chi connectivity index (χ3n) is 2.36. The number of hydrogen-bond acceptors (Lipinski definition) is 4. The van der Waals surface area contributed by atoms with Crippen LogP contribution in [-0.4, -0.2) is 4.98 Å². The van der Waals surface area contributed by atoms with E-state index in [0.717, 1.165) is 9.88 Å². The fraction of sp³-hybridized carbons (Fsp3) is 0.250. The molecule has 2 rings (SSSR count). The van der Waals surface area contributed by atoms with E-state index < -0.39 is 0 Å². The lowest BCUT2D eigenvalue weighted by molar-refractivity contribution is 0.589. The Labute approximate surface area is 103 Å². The van der Waals surface area contributed by atoms with Crippen LogP contribution in [0.5, 0.6) is 0 Å². The van der Waals surface area contributed by atoms with E-state index in [0.29, 0.717) is 24.3 Å². The molecule has 0 spiro atoms. The fourth-order valence-electron chi connectivity index (χ4n) is 1.51. The molecule has 1 aromatic heterocycles. The quantitative estimate of drug-likeness (QED) is 0.821. The van der Waals surface area contributed by atoms with E-state index in [1.165, 1.54) is 6.07 Å². The number of halogens is 1. The number of thiazole rings is 1. The van der Waals surface area contributed by atoms with Gasteiger partial charge in [-0.3, -0.25) is 0 Å². The summed E-state index contributed by atoms with van der Waals surface area (Å²) in [5.74, 6) is -0.266. The number of anilines is 1. The minimum Gasteiger partial charge on any atom is -0.399 e. The minimum absolute atomic E-state index is 0.266. The summed E-state index contributed by atoms with van der Waals surface area (Å²) < 4.78 is 13.5. The summed E-state index contributed by atoms with van der Waals surface area (Å²) in [5, 5.41) is 4.22. The van der Waals surface area contributed by atoms with Gasteiger partial charge in [0.25, 0.3) is 0 Å². The van der Waals surface area contributed by atoms with Crippen LogP contribution in [0.3, 0.4) is 0 Å². The molecule has 1 heterocycles. The predicted octanol–water partition coefficient (Wildman–Crippen LogP) is 2.46. The Kier molecular flexibility index (Phi) is 3.71. The first-order valence-electron chi connectivity index (χ1n) is 5.31. The van der Waals surface area contributed by atoms with Gasteiger partial charge in [0.1, 0.15) is 5.82 Å². The highest BCUT2D eigenvalue weighted by Gasteiger charge is 2.03. The molecule has 90 valence electrons. The summed E-state index contributed by atoms with van der Waals surface area (Å²) in [7, 11) is 0. The van der Waals surface area contributed by atoms with Gasteiger partial charge in [0.15, 0.2) is 0 Å². The molecule has 3 nitrogen and oxygen atoms in total. The van der Waals surface area contributed by atoms with Crippen molar-refractivity contribution in [1.82, 2.24) is 10.3 Å². The summed E-state index contributed by atoms with van der Waals surface area (Å²) in [6.45, 7) is 3.16. The molecule has 0 bridgehead atoms. The van der Waals surface area contributed by atoms with Crippen LogP contribution in [0, 0.1) is 12.7 Å². The third-order valence-corrected chi connectivity index (χ3v) is 3.27. The van der Waals surface area contributed by atoms with Crippen molar-refractivity contribution in [2.45, 2.75) is 20.0 Å². The van der Waals surface area contributed by atoms with Crippen LogP contribution in [-0.2, 0) is 13.1 Å². The number of nitrogen functional groups attached to an aromatic ring is 1. The molecule has 0 aliphatic rings. The predicted molar refractivity (Wildman–Crippen MR) is 68.2 cm³/mol. The molecule has 0 fully saturated rings. The van der Waals surface area contributed by atoms with Crippen molar-refractivity contribution in [3.8, 4) is 0 Å². The molecule has 0 unspecified atom stereocenters. The van der Waals surface area contributed by atoms with Crippen molar-refractivity contribution in [3.63, 3.8) is 0 Å². The number of rotatable bonds is 4. The fourth-order valence-corrected chi connectivity index (χ4v) is 2.28. The van der Waals surface area contributed by atoms with Gasteiger partial charge in [-0.1, -0.05) is 6.07 Å². The van der Waals surface area contributed by atoms with E-state index >= 15 is 0 Å². The maximum atomic E-state index is 13.5. The molecular formula is C12H14FN3S. The SMILES string of the molecule is Cc1ncc(CNCc2ccc(N)cc2F)s1. The second-order valence-corrected chi connectivity index (χ2v) is 5.12. The van der Waals surface area contributed by atoms with Crippen molar-refractivity contribution in [2.24, 2.45) is 0 Å². The third kappa shape index (κ3) is 3.25. The van der Waals surface area contributed by atoms with E-state index in [9.17, 15) is 4.39 Å². The molecule has 0 saturated heterocycles. The molecule has 2 aromatic rings. The Hall–Kier alpha value is -1.46. The molecular weight excluding hydrogens is 237 g/mol. The largest absolute Gasteiger partial charge is 0.399 e. The Morgan fingerprint density at radius 3 is 2.88 bits per heavy atom. The molecule has 0 atom stereocenters. The lowest BCUT2D eigenvalue weighted by Gasteiger charge is -2.05. The number of hydrogen-bond donors (Lipinski definition) is 2. The molecule has 0 amide bonds. The molecule has 0 aliphatic carbocycles. The lowest BCUT2D eigenvalue weighted by atomic mass is 10.2. The second-order valence-electron chi connectivity index (χ2n) is 3.80. The molecule has 0 aliphatic heterocycles. The number of nitrogens with one attached hydrogen (secondary N) is 1. The highest BCUT2D eigenvalue weighted by atomic mass is 32.1. The molecule has 17 heavy (non-hydrogen) atoms. The smallest absolute Gasteiger partial charge is 0.129 e. The standard InChI is InChI=1S/C12H14FN3S/c1-8-16-7-11(17-8)6-15-5-9-2-3-10(14)4-12(9)13/h2-4,7,15H,5-6,14H2,1H3. The van der Waals surface area contributed by atoms with E-state index in [1.807, 2.05) is 13.1 Å². The Morgan fingerprint density at radius 2 is 2.24 bits per heavy atom. The van der Waals surface area contributed by atoms with Crippen molar-refractivity contribution >= 4 is 17.0 Å². The van der Waals surface area contributed by atoms with Crippen LogP contribution in [0.2, 0.25) is 0 Å². The number of aryl methyl sites for hydroxylation is 1. The maximum Gasteiger partial charge on any atom is 0.129 e. The topological polar surface area (TPSA) is 50.9 Å². The molecule has 0 saturated carbocycles. The highest BCUT2D eigenvalue weighted by molar-refractivity contribution is 7.11. The van der Waals surface area contributed by atoms with Crippen molar-refractivity contribution < 1.29 is 4.39 Å². The number of nitrogens with two attached hydrogens (primary N) is 1. The Bertz CT molecular complexity index is 510. The van der Waals surface area contributed by atoms with Gasteiger partial charge in [-0.15, -0.1) is 11.3 Å². The van der Waals surface area contributed by atoms with Gasteiger partial charge in [-0.05, 0) is 19.1 Å². The molecule has 3 N–H and O–H groups in total. The van der Waals surface area contributed by atoms with E-state index in [2.05, 4.69) is 10.3 Å². The molecule has 5 heteroatoms. The summed E-state index contributed by atoms with van der Waals surface area (Å²) in [5.41, 5.74) is 6.56. The van der Waals surface area contributed by atoms with E-state index in [4.69, 9.17) is 5.73 Å². The first kappa shape index (κ1) is 12.0. The zero-order valence-corrected chi connectivity index (χ0v) is 10.4. The maximum absolute atomic E-state index is 13.5. The molecule has 0 radical (unpaired) electrons. The van der Waals surface area contributed by atoms with Gasteiger partial charge >= 0.3 is 0 Å². The zero-order chi connectivity index (χ0) is 12.3. The van der Waals surface area contributed by atoms with Gasteiger partial charge in [-0.25, -0.2) is 9.37 Å². The van der Waals surface area contributed by atoms with Crippen molar-refractivity contribution in [2.75, 3.05) is 5.73 Å². The number of benzene rings is 1. The first-order chi connectivity index (χ1) is 8.15. The van der Waals surface area contributed by atoms with Gasteiger partial charge < -0.3 is 11.1 Å². The van der Waals surface area contributed by atoms with Crippen molar-refractivity contribution in [1.29, 1.82) is 0 Å². The second kappa shape index (κ2) is 5.25.